The molecule has 4 heteroatoms. The van der Waals surface area contributed by atoms with Crippen molar-refractivity contribution in [2.75, 3.05) is 5.73 Å². The van der Waals surface area contributed by atoms with E-state index in [1.54, 1.807) is 6.07 Å². The summed E-state index contributed by atoms with van der Waals surface area (Å²) >= 11 is 6.23. The Balaban J connectivity index is 2.28. The molecule has 90 valence electrons. The van der Waals surface area contributed by atoms with Gasteiger partial charge >= 0.3 is 0 Å². The van der Waals surface area contributed by atoms with E-state index in [0.717, 1.165) is 22.4 Å². The number of nitrogens with zero attached hydrogens (tertiary/aromatic N) is 2. The highest BCUT2D eigenvalue weighted by atomic mass is 35.5. The fraction of sp³-hybridized carbons (Fsp3) is 0.0714. The first kappa shape index (κ1) is 11.1. The van der Waals surface area contributed by atoms with E-state index in [4.69, 9.17) is 17.3 Å². The molecule has 1 aromatic heterocycles. The quantitative estimate of drug-likeness (QED) is 0.679. The summed E-state index contributed by atoms with van der Waals surface area (Å²) in [6.45, 7) is 0. The lowest BCUT2D eigenvalue weighted by Gasteiger charge is -2.05. The fourth-order valence-corrected chi connectivity index (χ4v) is 2.37. The third-order valence-electron chi connectivity index (χ3n) is 3.02. The van der Waals surface area contributed by atoms with E-state index < -0.39 is 0 Å². The van der Waals surface area contributed by atoms with Crippen LogP contribution in [0.3, 0.4) is 0 Å². The van der Waals surface area contributed by atoms with Crippen LogP contribution in [0, 0.1) is 0 Å². The largest absolute Gasteiger partial charge is 0.399 e. The summed E-state index contributed by atoms with van der Waals surface area (Å²) in [5.74, 6) is 0.848. The van der Waals surface area contributed by atoms with Crippen LogP contribution in [0.2, 0.25) is 5.02 Å². The molecule has 3 rings (SSSR count). The zero-order valence-electron chi connectivity index (χ0n) is 9.89. The number of anilines is 1. The number of aromatic nitrogens is 2. The van der Waals surface area contributed by atoms with Gasteiger partial charge in [-0.1, -0.05) is 23.7 Å². The number of nitrogens with two attached hydrogens (primary N) is 1. The van der Waals surface area contributed by atoms with Crippen LogP contribution >= 0.6 is 11.6 Å². The molecule has 2 aromatic carbocycles. The number of para-hydroxylation sites is 2. The van der Waals surface area contributed by atoms with Gasteiger partial charge in [-0.15, -0.1) is 0 Å². The molecule has 0 aliphatic heterocycles. The highest BCUT2D eigenvalue weighted by molar-refractivity contribution is 6.33. The van der Waals surface area contributed by atoms with Crippen LogP contribution < -0.4 is 5.73 Å². The Labute approximate surface area is 110 Å². The van der Waals surface area contributed by atoms with Gasteiger partial charge in [-0.3, -0.25) is 0 Å². The van der Waals surface area contributed by atoms with Gasteiger partial charge in [0.15, 0.2) is 0 Å². The second-order valence-electron chi connectivity index (χ2n) is 4.22. The van der Waals surface area contributed by atoms with Gasteiger partial charge in [-0.2, -0.15) is 0 Å². The number of hydrogen-bond acceptors (Lipinski definition) is 2. The Morgan fingerprint density at radius 1 is 1.17 bits per heavy atom. The summed E-state index contributed by atoms with van der Waals surface area (Å²) in [6.07, 6.45) is 0. The van der Waals surface area contributed by atoms with E-state index in [2.05, 4.69) is 4.98 Å². The van der Waals surface area contributed by atoms with Gasteiger partial charge in [0.2, 0.25) is 0 Å². The molecular formula is C14H12ClN3. The molecule has 3 nitrogen and oxygen atoms in total. The van der Waals surface area contributed by atoms with E-state index >= 15 is 0 Å². The van der Waals surface area contributed by atoms with E-state index in [-0.39, 0.29) is 0 Å². The zero-order valence-corrected chi connectivity index (χ0v) is 10.6. The maximum Gasteiger partial charge on any atom is 0.142 e. The molecule has 18 heavy (non-hydrogen) atoms. The first-order chi connectivity index (χ1) is 8.66. The van der Waals surface area contributed by atoms with Gasteiger partial charge in [0.05, 0.1) is 16.1 Å². The van der Waals surface area contributed by atoms with E-state index in [1.807, 2.05) is 48.0 Å². The number of fused-ring (bicyclic) bond motifs is 1. The summed E-state index contributed by atoms with van der Waals surface area (Å²) in [7, 11) is 1.98. The van der Waals surface area contributed by atoms with Crippen LogP contribution in [-0.2, 0) is 7.05 Å². The van der Waals surface area contributed by atoms with Gasteiger partial charge in [-0.05, 0) is 30.3 Å². The highest BCUT2D eigenvalue weighted by Crippen LogP contribution is 2.30. The second kappa shape index (κ2) is 4.03. The van der Waals surface area contributed by atoms with Gasteiger partial charge in [0, 0.05) is 18.3 Å². The molecule has 0 radical (unpaired) electrons. The molecular weight excluding hydrogens is 246 g/mol. The number of halogens is 1. The lowest BCUT2D eigenvalue weighted by molar-refractivity contribution is 0.959. The van der Waals surface area contributed by atoms with Crippen molar-refractivity contribution >= 4 is 28.3 Å². The molecule has 0 spiro atoms. The van der Waals surface area contributed by atoms with Crippen LogP contribution in [-0.4, -0.2) is 9.55 Å². The molecule has 0 saturated heterocycles. The summed E-state index contributed by atoms with van der Waals surface area (Å²) in [5.41, 5.74) is 9.30. The molecule has 3 aromatic rings. The monoisotopic (exact) mass is 257 g/mol. The number of rotatable bonds is 1. The molecule has 0 amide bonds. The van der Waals surface area contributed by atoms with Crippen molar-refractivity contribution in [1.82, 2.24) is 9.55 Å². The van der Waals surface area contributed by atoms with Crippen molar-refractivity contribution in [2.45, 2.75) is 0 Å². The molecule has 1 heterocycles. The van der Waals surface area contributed by atoms with E-state index in [9.17, 15) is 0 Å². The third-order valence-corrected chi connectivity index (χ3v) is 3.33. The average Bonchev–Trinajstić information content (AvgIpc) is 2.68. The Bertz CT molecular complexity index is 731. The van der Waals surface area contributed by atoms with Crippen molar-refractivity contribution in [1.29, 1.82) is 0 Å². The minimum atomic E-state index is 0.619. The maximum absolute atomic E-state index is 6.23. The summed E-state index contributed by atoms with van der Waals surface area (Å²) < 4.78 is 2.03. The first-order valence-electron chi connectivity index (χ1n) is 5.63. The third kappa shape index (κ3) is 1.64. The van der Waals surface area contributed by atoms with Gasteiger partial charge < -0.3 is 10.3 Å². The zero-order chi connectivity index (χ0) is 12.7. The highest BCUT2D eigenvalue weighted by Gasteiger charge is 2.12. The lowest BCUT2D eigenvalue weighted by atomic mass is 10.2. The maximum atomic E-state index is 6.23. The number of aryl methyl sites for hydroxylation is 1. The van der Waals surface area contributed by atoms with Crippen LogP contribution in [0.4, 0.5) is 5.69 Å². The Morgan fingerprint density at radius 2 is 1.94 bits per heavy atom. The van der Waals surface area contributed by atoms with Crippen molar-refractivity contribution in [3.63, 3.8) is 0 Å². The summed E-state index contributed by atoms with van der Waals surface area (Å²) in [6, 6.07) is 13.5. The van der Waals surface area contributed by atoms with E-state index in [1.165, 1.54) is 0 Å². The van der Waals surface area contributed by atoms with Crippen LogP contribution in [0.25, 0.3) is 22.4 Å². The van der Waals surface area contributed by atoms with Gasteiger partial charge in [0.25, 0.3) is 0 Å². The molecule has 0 atom stereocenters. The molecule has 2 N–H and O–H groups in total. The lowest BCUT2D eigenvalue weighted by Crippen LogP contribution is -1.94. The Morgan fingerprint density at radius 3 is 2.67 bits per heavy atom. The second-order valence-corrected chi connectivity index (χ2v) is 4.63. The molecule has 0 saturated carbocycles. The minimum Gasteiger partial charge on any atom is -0.399 e. The van der Waals surface area contributed by atoms with Crippen LogP contribution in [0.1, 0.15) is 0 Å². The van der Waals surface area contributed by atoms with Crippen molar-refractivity contribution < 1.29 is 0 Å². The van der Waals surface area contributed by atoms with Gasteiger partial charge in [0.1, 0.15) is 5.82 Å². The van der Waals surface area contributed by atoms with Gasteiger partial charge in [-0.25, -0.2) is 4.98 Å². The molecule has 0 bridgehead atoms. The van der Waals surface area contributed by atoms with Crippen molar-refractivity contribution in [2.24, 2.45) is 7.05 Å². The minimum absolute atomic E-state index is 0.619. The Hall–Kier alpha value is -2.00. The fourth-order valence-electron chi connectivity index (χ4n) is 2.10. The predicted octanol–water partition coefficient (Wildman–Crippen LogP) is 3.48. The number of nitrogen functional groups attached to an aromatic ring is 1. The number of imidazole rings is 1. The number of hydrogen-bond donors (Lipinski definition) is 1. The molecule has 0 aliphatic carbocycles. The Kier molecular flexibility index (Phi) is 2.49. The standard InChI is InChI=1S/C14H12ClN3/c1-18-13-5-3-2-4-12(13)17-14(18)10-7-6-9(16)8-11(10)15/h2-8H,16H2,1H3. The average molecular weight is 258 g/mol. The summed E-state index contributed by atoms with van der Waals surface area (Å²) in [4.78, 5) is 4.61. The smallest absolute Gasteiger partial charge is 0.142 e. The normalized spacial score (nSPS) is 11.0. The van der Waals surface area contributed by atoms with Crippen molar-refractivity contribution in [3.8, 4) is 11.4 Å². The van der Waals surface area contributed by atoms with Crippen LogP contribution in [0.15, 0.2) is 42.5 Å². The predicted molar refractivity (Wildman–Crippen MR) is 75.6 cm³/mol. The topological polar surface area (TPSA) is 43.8 Å². The number of benzene rings is 2. The van der Waals surface area contributed by atoms with Crippen LogP contribution in [0.5, 0.6) is 0 Å². The molecule has 0 fully saturated rings. The molecule has 0 aliphatic rings. The van der Waals surface area contributed by atoms with Crippen molar-refractivity contribution in [3.05, 3.63) is 47.5 Å². The van der Waals surface area contributed by atoms with E-state index in [0.29, 0.717) is 10.7 Å². The summed E-state index contributed by atoms with van der Waals surface area (Å²) in [5, 5.41) is 0.619. The first-order valence-corrected chi connectivity index (χ1v) is 6.01. The SMILES string of the molecule is Cn1c(-c2ccc(N)cc2Cl)nc2ccccc21. The molecule has 0 unspecified atom stereocenters.